The van der Waals surface area contributed by atoms with E-state index in [2.05, 4.69) is 17.6 Å². The summed E-state index contributed by atoms with van der Waals surface area (Å²) in [5, 5.41) is 6.03. The van der Waals surface area contributed by atoms with E-state index in [1.807, 2.05) is 61.5 Å². The van der Waals surface area contributed by atoms with Gasteiger partial charge in [-0.05, 0) is 63.6 Å². The Labute approximate surface area is 233 Å². The van der Waals surface area contributed by atoms with Crippen LogP contribution in [0.1, 0.15) is 89.5 Å². The summed E-state index contributed by atoms with van der Waals surface area (Å²) in [4.78, 5) is 42.4. The van der Waals surface area contributed by atoms with Gasteiger partial charge in [0.15, 0.2) is 0 Å². The number of nitrogens with zero attached hydrogens (tertiary/aromatic N) is 1. The summed E-state index contributed by atoms with van der Waals surface area (Å²) in [5.74, 6) is -0.507. The monoisotopic (exact) mass is 535 g/mol. The first kappa shape index (κ1) is 30.2. The lowest BCUT2D eigenvalue weighted by Gasteiger charge is -2.35. The van der Waals surface area contributed by atoms with Crippen LogP contribution in [-0.2, 0) is 27.2 Å². The van der Waals surface area contributed by atoms with Crippen molar-refractivity contribution >= 4 is 17.9 Å². The summed E-state index contributed by atoms with van der Waals surface area (Å²) in [7, 11) is 0. The lowest BCUT2D eigenvalue weighted by atomic mass is 9.94. The number of hydrogen-bond acceptors (Lipinski definition) is 4. The maximum atomic E-state index is 14.2. The summed E-state index contributed by atoms with van der Waals surface area (Å²) in [6.07, 6.45) is 5.77. The average Bonchev–Trinajstić information content (AvgIpc) is 2.91. The van der Waals surface area contributed by atoms with Gasteiger partial charge in [-0.1, -0.05) is 80.8 Å². The highest BCUT2D eigenvalue weighted by Gasteiger charge is 2.36. The second kappa shape index (κ2) is 14.2. The maximum Gasteiger partial charge on any atom is 0.408 e. The molecule has 2 unspecified atom stereocenters. The Morgan fingerprint density at radius 3 is 2.13 bits per heavy atom. The highest BCUT2D eigenvalue weighted by atomic mass is 16.6. The van der Waals surface area contributed by atoms with Crippen LogP contribution in [0.25, 0.3) is 0 Å². The van der Waals surface area contributed by atoms with Gasteiger partial charge < -0.3 is 20.3 Å². The van der Waals surface area contributed by atoms with Gasteiger partial charge >= 0.3 is 6.09 Å². The van der Waals surface area contributed by atoms with E-state index in [1.54, 1.807) is 25.7 Å². The molecule has 0 saturated heterocycles. The molecule has 0 radical (unpaired) electrons. The second-order valence-corrected chi connectivity index (χ2v) is 11.4. The number of nitrogens with one attached hydrogen (secondary N) is 2. The summed E-state index contributed by atoms with van der Waals surface area (Å²) >= 11 is 0. The predicted octanol–water partition coefficient (Wildman–Crippen LogP) is 5.72. The smallest absolute Gasteiger partial charge is 0.408 e. The van der Waals surface area contributed by atoms with Gasteiger partial charge in [0, 0.05) is 19.0 Å². The Bertz CT molecular complexity index is 1070. The number of carbonyl (C=O) groups excluding carboxylic acids is 3. The van der Waals surface area contributed by atoms with E-state index in [1.165, 1.54) is 6.42 Å². The second-order valence-electron chi connectivity index (χ2n) is 11.4. The van der Waals surface area contributed by atoms with Gasteiger partial charge in [0.1, 0.15) is 17.7 Å². The molecule has 0 heterocycles. The minimum atomic E-state index is -0.901. The number of hydrogen-bond donors (Lipinski definition) is 2. The molecule has 1 fully saturated rings. The summed E-state index contributed by atoms with van der Waals surface area (Å²) in [6, 6.07) is 15.8. The number of likely N-dealkylation sites (N-methyl/N-ethyl adjacent to an activating group) is 1. The van der Waals surface area contributed by atoms with Gasteiger partial charge in [-0.15, -0.1) is 0 Å². The lowest BCUT2D eigenvalue weighted by Crippen LogP contribution is -2.54. The molecule has 1 aliphatic carbocycles. The van der Waals surface area contributed by atoms with Crippen LogP contribution in [0.4, 0.5) is 4.79 Å². The van der Waals surface area contributed by atoms with Crippen molar-refractivity contribution in [3.63, 3.8) is 0 Å². The first-order valence-corrected chi connectivity index (χ1v) is 14.3. The molecule has 3 rings (SSSR count). The number of aryl methyl sites for hydroxylation is 1. The van der Waals surface area contributed by atoms with Crippen molar-refractivity contribution in [1.82, 2.24) is 15.5 Å². The molecule has 0 spiro atoms. The van der Waals surface area contributed by atoms with Crippen molar-refractivity contribution in [1.29, 1.82) is 0 Å². The summed E-state index contributed by atoms with van der Waals surface area (Å²) in [5.41, 5.74) is 2.11. The van der Waals surface area contributed by atoms with E-state index >= 15 is 0 Å². The van der Waals surface area contributed by atoms with Gasteiger partial charge in [-0.3, -0.25) is 9.59 Å². The molecule has 2 aromatic rings. The summed E-state index contributed by atoms with van der Waals surface area (Å²) in [6.45, 7) is 9.60. The van der Waals surface area contributed by atoms with Gasteiger partial charge in [0.2, 0.25) is 11.8 Å². The predicted molar refractivity (Wildman–Crippen MR) is 154 cm³/mol. The van der Waals surface area contributed by atoms with E-state index in [9.17, 15) is 14.4 Å². The lowest BCUT2D eigenvalue weighted by molar-refractivity contribution is -0.142. The van der Waals surface area contributed by atoms with Crippen LogP contribution in [0.5, 0.6) is 0 Å². The number of alkyl carbamates (subject to hydrolysis) is 1. The third-order valence-corrected chi connectivity index (χ3v) is 7.11. The molecule has 3 amide bonds. The standard InChI is InChI=1S/C32H45N3O4/c1-6-23-18-20-25(21-19-23)28(29(36)33-26-16-12-9-13-17-26)35(7-2)30(37)27(22-24-14-10-8-11-15-24)34-31(38)39-32(3,4)5/h8,10-11,14-15,18-21,26-28H,6-7,9,12-13,16-17,22H2,1-5H3,(H,33,36)(H,34,38). The Morgan fingerprint density at radius 2 is 1.56 bits per heavy atom. The first-order valence-electron chi connectivity index (χ1n) is 14.3. The fourth-order valence-electron chi connectivity index (χ4n) is 5.10. The zero-order valence-corrected chi connectivity index (χ0v) is 24.2. The minimum absolute atomic E-state index is 0.109. The Hall–Kier alpha value is -3.35. The quantitative estimate of drug-likeness (QED) is 0.407. The molecule has 0 aromatic heterocycles. The number of benzene rings is 2. The maximum absolute atomic E-state index is 14.2. The van der Waals surface area contributed by atoms with E-state index in [0.29, 0.717) is 6.54 Å². The molecule has 2 N–H and O–H groups in total. The van der Waals surface area contributed by atoms with Crippen molar-refractivity contribution in [3.8, 4) is 0 Å². The van der Waals surface area contributed by atoms with Gasteiger partial charge in [0.25, 0.3) is 0 Å². The Kier molecular flexibility index (Phi) is 11.0. The molecule has 2 atom stereocenters. The zero-order valence-electron chi connectivity index (χ0n) is 24.2. The molecule has 7 heteroatoms. The fourth-order valence-corrected chi connectivity index (χ4v) is 5.10. The molecular weight excluding hydrogens is 490 g/mol. The van der Waals surface area contributed by atoms with Crippen molar-refractivity contribution in [2.24, 2.45) is 0 Å². The molecule has 212 valence electrons. The molecule has 2 aromatic carbocycles. The number of amides is 3. The third kappa shape index (κ3) is 9.12. The van der Waals surface area contributed by atoms with Crippen LogP contribution in [-0.4, -0.2) is 47.0 Å². The molecule has 0 aliphatic heterocycles. The van der Waals surface area contributed by atoms with Crippen LogP contribution < -0.4 is 10.6 Å². The number of ether oxygens (including phenoxy) is 1. The van der Waals surface area contributed by atoms with Gasteiger partial charge in [0.05, 0.1) is 0 Å². The van der Waals surface area contributed by atoms with E-state index in [0.717, 1.165) is 48.8 Å². The normalized spacial score (nSPS) is 15.6. The summed E-state index contributed by atoms with van der Waals surface area (Å²) < 4.78 is 5.49. The van der Waals surface area contributed by atoms with E-state index < -0.39 is 23.8 Å². The number of rotatable bonds is 10. The highest BCUT2D eigenvalue weighted by Crippen LogP contribution is 2.26. The molecule has 39 heavy (non-hydrogen) atoms. The Balaban J connectivity index is 1.94. The Morgan fingerprint density at radius 1 is 0.923 bits per heavy atom. The van der Waals surface area contributed by atoms with E-state index in [4.69, 9.17) is 4.74 Å². The van der Waals surface area contributed by atoms with E-state index in [-0.39, 0.29) is 24.3 Å². The third-order valence-electron chi connectivity index (χ3n) is 7.11. The molecule has 1 saturated carbocycles. The minimum Gasteiger partial charge on any atom is -0.444 e. The van der Waals surface area contributed by atoms with Crippen molar-refractivity contribution in [2.75, 3.05) is 6.54 Å². The molecule has 7 nitrogen and oxygen atoms in total. The molecule has 0 bridgehead atoms. The van der Waals surface area contributed by atoms with Crippen LogP contribution in [0, 0.1) is 0 Å². The average molecular weight is 536 g/mol. The molecular formula is C32H45N3O4. The van der Waals surface area contributed by atoms with Gasteiger partial charge in [-0.25, -0.2) is 4.79 Å². The number of carbonyl (C=O) groups is 3. The highest BCUT2D eigenvalue weighted by molar-refractivity contribution is 5.92. The van der Waals surface area contributed by atoms with Crippen molar-refractivity contribution < 1.29 is 19.1 Å². The van der Waals surface area contributed by atoms with Crippen molar-refractivity contribution in [3.05, 3.63) is 71.3 Å². The van der Waals surface area contributed by atoms with Crippen LogP contribution in [0.15, 0.2) is 54.6 Å². The molecule has 1 aliphatic rings. The SMILES string of the molecule is CCc1ccc(C(C(=O)NC2CCCCC2)N(CC)C(=O)C(Cc2ccccc2)NC(=O)OC(C)(C)C)cc1. The van der Waals surface area contributed by atoms with Crippen molar-refractivity contribution in [2.45, 2.75) is 103 Å². The van der Waals surface area contributed by atoms with Crippen LogP contribution in [0.3, 0.4) is 0 Å². The van der Waals surface area contributed by atoms with Gasteiger partial charge in [-0.2, -0.15) is 0 Å². The fraction of sp³-hybridized carbons (Fsp3) is 0.531. The van der Waals surface area contributed by atoms with Crippen LogP contribution >= 0.6 is 0 Å². The first-order chi connectivity index (χ1) is 18.6. The topological polar surface area (TPSA) is 87.7 Å². The van der Waals surface area contributed by atoms with Crippen LogP contribution in [0.2, 0.25) is 0 Å². The largest absolute Gasteiger partial charge is 0.444 e. The zero-order chi connectivity index (χ0) is 28.4.